The molecule has 0 aromatic carbocycles. The first kappa shape index (κ1) is 16.0. The summed E-state index contributed by atoms with van der Waals surface area (Å²) >= 11 is 0. The summed E-state index contributed by atoms with van der Waals surface area (Å²) in [6, 6.07) is 6.32. The van der Waals surface area contributed by atoms with E-state index in [0.717, 1.165) is 44.4 Å². The van der Waals surface area contributed by atoms with Gasteiger partial charge in [-0.25, -0.2) is 4.98 Å². The van der Waals surface area contributed by atoms with Crippen molar-refractivity contribution in [2.24, 2.45) is 5.92 Å². The first-order chi connectivity index (χ1) is 12.2. The van der Waals surface area contributed by atoms with Gasteiger partial charge in [-0.05, 0) is 30.9 Å². The van der Waals surface area contributed by atoms with Crippen molar-refractivity contribution < 1.29 is 4.79 Å². The van der Waals surface area contributed by atoms with Gasteiger partial charge >= 0.3 is 0 Å². The number of carbonyl (C=O) groups is 1. The molecule has 25 heavy (non-hydrogen) atoms. The van der Waals surface area contributed by atoms with Crippen LogP contribution in [0.4, 0.5) is 0 Å². The molecular weight excluding hydrogens is 318 g/mol. The van der Waals surface area contributed by atoms with Crippen molar-refractivity contribution in [2.45, 2.75) is 25.4 Å². The van der Waals surface area contributed by atoms with E-state index in [9.17, 15) is 9.59 Å². The SMILES string of the molecule is O=C(c1c[nH]c(=O)cn1)N1C[C@@H]2CC[C@H](C1)N(Cc1ccccn1)C2. The van der Waals surface area contributed by atoms with E-state index in [1.165, 1.54) is 6.20 Å². The first-order valence-electron chi connectivity index (χ1n) is 8.67. The lowest BCUT2D eigenvalue weighted by molar-refractivity contribution is 0.0729. The van der Waals surface area contributed by atoms with E-state index in [4.69, 9.17) is 0 Å². The number of amides is 1. The van der Waals surface area contributed by atoms with Crippen molar-refractivity contribution in [3.63, 3.8) is 0 Å². The Morgan fingerprint density at radius 1 is 1.20 bits per heavy atom. The lowest BCUT2D eigenvalue weighted by Crippen LogP contribution is -2.44. The summed E-state index contributed by atoms with van der Waals surface area (Å²) in [7, 11) is 0. The third-order valence-corrected chi connectivity index (χ3v) is 5.10. The van der Waals surface area contributed by atoms with Crippen molar-refractivity contribution in [3.8, 4) is 0 Å². The fraction of sp³-hybridized carbons (Fsp3) is 0.444. The summed E-state index contributed by atoms with van der Waals surface area (Å²) in [6.45, 7) is 3.25. The fourth-order valence-electron chi connectivity index (χ4n) is 3.86. The van der Waals surface area contributed by atoms with Crippen LogP contribution in [-0.2, 0) is 6.54 Å². The van der Waals surface area contributed by atoms with Gasteiger partial charge in [-0.1, -0.05) is 6.07 Å². The zero-order valence-corrected chi connectivity index (χ0v) is 14.0. The van der Waals surface area contributed by atoms with Crippen LogP contribution in [0.3, 0.4) is 0 Å². The molecule has 3 fully saturated rings. The highest BCUT2D eigenvalue weighted by molar-refractivity contribution is 5.92. The summed E-state index contributed by atoms with van der Waals surface area (Å²) < 4.78 is 0. The average molecular weight is 339 g/mol. The molecule has 0 saturated carbocycles. The average Bonchev–Trinajstić information content (AvgIpc) is 2.94. The van der Waals surface area contributed by atoms with Gasteiger partial charge in [0.25, 0.3) is 11.5 Å². The van der Waals surface area contributed by atoms with Crippen LogP contribution >= 0.6 is 0 Å². The summed E-state index contributed by atoms with van der Waals surface area (Å²) in [4.78, 5) is 39.2. The molecule has 2 aromatic heterocycles. The van der Waals surface area contributed by atoms with Crippen molar-refractivity contribution in [1.29, 1.82) is 0 Å². The lowest BCUT2D eigenvalue weighted by atomic mass is 9.95. The Labute approximate surface area is 145 Å². The number of aromatic nitrogens is 3. The minimum atomic E-state index is -0.297. The predicted molar refractivity (Wildman–Crippen MR) is 91.9 cm³/mol. The molecule has 5 heterocycles. The second kappa shape index (κ2) is 6.76. The van der Waals surface area contributed by atoms with Gasteiger partial charge in [0.15, 0.2) is 0 Å². The standard InChI is InChI=1S/C18H21N5O2/c24-17-8-20-16(7-21-17)18(25)23-10-13-4-5-15(12-23)22(9-13)11-14-3-1-2-6-19-14/h1-3,6-8,13,15H,4-5,9-12H2,(H,21,24)/t13-,15-/m1/s1. The molecular formula is C18H21N5O2. The number of pyridine rings is 1. The maximum absolute atomic E-state index is 12.8. The summed E-state index contributed by atoms with van der Waals surface area (Å²) in [5.41, 5.74) is 1.07. The van der Waals surface area contributed by atoms with E-state index >= 15 is 0 Å². The molecule has 0 radical (unpaired) electrons. The number of piperidine rings is 1. The van der Waals surface area contributed by atoms with Crippen molar-refractivity contribution in [1.82, 2.24) is 24.8 Å². The second-order valence-corrected chi connectivity index (χ2v) is 6.85. The van der Waals surface area contributed by atoms with E-state index < -0.39 is 0 Å². The molecule has 2 bridgehead atoms. The van der Waals surface area contributed by atoms with Crippen LogP contribution in [0.2, 0.25) is 0 Å². The molecule has 3 aliphatic heterocycles. The fourth-order valence-corrected chi connectivity index (χ4v) is 3.86. The largest absolute Gasteiger partial charge is 0.335 e. The number of nitrogens with zero attached hydrogens (tertiary/aromatic N) is 4. The van der Waals surface area contributed by atoms with Crippen LogP contribution in [-0.4, -0.2) is 56.3 Å². The van der Waals surface area contributed by atoms with Gasteiger partial charge in [0, 0.05) is 44.6 Å². The summed E-state index contributed by atoms with van der Waals surface area (Å²) in [5.74, 6) is 0.363. The number of rotatable bonds is 3. The van der Waals surface area contributed by atoms with E-state index in [0.29, 0.717) is 24.2 Å². The van der Waals surface area contributed by atoms with Crippen LogP contribution < -0.4 is 5.56 Å². The number of hydrogen-bond donors (Lipinski definition) is 1. The Balaban J connectivity index is 1.50. The molecule has 3 saturated heterocycles. The van der Waals surface area contributed by atoms with Crippen LogP contribution in [0.15, 0.2) is 41.6 Å². The van der Waals surface area contributed by atoms with E-state index in [2.05, 4.69) is 19.9 Å². The molecule has 7 nitrogen and oxygen atoms in total. The topological polar surface area (TPSA) is 82.2 Å². The first-order valence-corrected chi connectivity index (χ1v) is 8.67. The third-order valence-electron chi connectivity index (χ3n) is 5.10. The monoisotopic (exact) mass is 339 g/mol. The lowest BCUT2D eigenvalue weighted by Gasteiger charge is -2.35. The van der Waals surface area contributed by atoms with Crippen molar-refractivity contribution in [2.75, 3.05) is 19.6 Å². The molecule has 0 aliphatic carbocycles. The maximum atomic E-state index is 12.8. The highest BCUT2D eigenvalue weighted by atomic mass is 16.2. The number of carbonyl (C=O) groups excluding carboxylic acids is 1. The molecule has 2 atom stereocenters. The predicted octanol–water partition coefficient (Wildman–Crippen LogP) is 0.901. The molecule has 0 spiro atoms. The zero-order valence-electron chi connectivity index (χ0n) is 14.0. The van der Waals surface area contributed by atoms with Gasteiger partial charge in [0.1, 0.15) is 5.69 Å². The number of H-pyrrole nitrogens is 1. The third kappa shape index (κ3) is 3.46. The molecule has 3 aliphatic rings. The van der Waals surface area contributed by atoms with Crippen LogP contribution in [0, 0.1) is 5.92 Å². The minimum absolute atomic E-state index is 0.104. The molecule has 1 N–H and O–H groups in total. The maximum Gasteiger partial charge on any atom is 0.274 e. The molecule has 130 valence electrons. The smallest absolute Gasteiger partial charge is 0.274 e. The second-order valence-electron chi connectivity index (χ2n) is 6.85. The van der Waals surface area contributed by atoms with E-state index in [-0.39, 0.29) is 11.5 Å². The minimum Gasteiger partial charge on any atom is -0.335 e. The Morgan fingerprint density at radius 2 is 2.12 bits per heavy atom. The normalized spacial score (nSPS) is 23.4. The van der Waals surface area contributed by atoms with E-state index in [1.807, 2.05) is 29.3 Å². The zero-order chi connectivity index (χ0) is 17.2. The number of fused-ring (bicyclic) bond motifs is 4. The number of hydrogen-bond acceptors (Lipinski definition) is 5. The van der Waals surface area contributed by atoms with Crippen molar-refractivity contribution >= 4 is 5.91 Å². The Morgan fingerprint density at radius 3 is 2.88 bits per heavy atom. The highest BCUT2D eigenvalue weighted by Crippen LogP contribution is 2.29. The summed E-state index contributed by atoms with van der Waals surface area (Å²) in [5, 5.41) is 0. The number of aromatic amines is 1. The Bertz CT molecular complexity index is 786. The molecule has 5 rings (SSSR count). The Hall–Kier alpha value is -2.54. The molecule has 7 heteroatoms. The quantitative estimate of drug-likeness (QED) is 0.898. The van der Waals surface area contributed by atoms with Crippen molar-refractivity contribution in [3.05, 3.63) is 58.5 Å². The van der Waals surface area contributed by atoms with E-state index in [1.54, 1.807) is 0 Å². The van der Waals surface area contributed by atoms with Gasteiger partial charge in [0.05, 0.1) is 11.9 Å². The van der Waals surface area contributed by atoms with Gasteiger partial charge in [-0.3, -0.25) is 19.5 Å². The van der Waals surface area contributed by atoms with Crippen LogP contribution in [0.25, 0.3) is 0 Å². The molecule has 0 unspecified atom stereocenters. The van der Waals surface area contributed by atoms with Gasteiger partial charge < -0.3 is 9.88 Å². The van der Waals surface area contributed by atoms with Crippen LogP contribution in [0.5, 0.6) is 0 Å². The van der Waals surface area contributed by atoms with Gasteiger partial charge in [-0.15, -0.1) is 0 Å². The Kier molecular flexibility index (Phi) is 4.31. The summed E-state index contributed by atoms with van der Waals surface area (Å²) in [6.07, 6.45) is 6.63. The molecule has 1 amide bonds. The highest BCUT2D eigenvalue weighted by Gasteiger charge is 2.37. The van der Waals surface area contributed by atoms with Gasteiger partial charge in [-0.2, -0.15) is 0 Å². The van der Waals surface area contributed by atoms with Gasteiger partial charge in [0.2, 0.25) is 0 Å². The molecule has 2 aromatic rings. The number of nitrogens with one attached hydrogen (secondary N) is 1. The van der Waals surface area contributed by atoms with Crippen LogP contribution in [0.1, 0.15) is 29.0 Å².